The lowest BCUT2D eigenvalue weighted by Crippen LogP contribution is -2.11. The van der Waals surface area contributed by atoms with Gasteiger partial charge in [0, 0.05) is 35.9 Å². The molecule has 0 aliphatic carbocycles. The summed E-state index contributed by atoms with van der Waals surface area (Å²) in [5, 5.41) is 4.87. The van der Waals surface area contributed by atoms with E-state index < -0.39 is 0 Å². The second kappa shape index (κ2) is 7.41. The summed E-state index contributed by atoms with van der Waals surface area (Å²) >= 11 is 3.05. The zero-order valence-electron chi connectivity index (χ0n) is 14.6. The van der Waals surface area contributed by atoms with Crippen molar-refractivity contribution in [3.8, 4) is 0 Å². The minimum atomic E-state index is -0.105. The first kappa shape index (κ1) is 17.7. The van der Waals surface area contributed by atoms with Gasteiger partial charge in [-0.3, -0.25) is 4.79 Å². The molecule has 1 amide bonds. The van der Waals surface area contributed by atoms with Gasteiger partial charge in [0.15, 0.2) is 5.16 Å². The van der Waals surface area contributed by atoms with E-state index in [-0.39, 0.29) is 5.91 Å². The molecule has 0 spiro atoms. The molecule has 0 bridgehead atoms. The molecule has 2 heterocycles. The number of nitrogens with zero attached hydrogens (tertiary/aromatic N) is 3. The SMILES string of the molecule is Cc1nc(C(C)C)sc1C(=O)Nc1ccc(Sc2nccn2C)cc1. The molecule has 3 aromatic rings. The molecule has 3 rings (SSSR count). The van der Waals surface area contributed by atoms with Crippen LogP contribution in [0.3, 0.4) is 0 Å². The van der Waals surface area contributed by atoms with E-state index >= 15 is 0 Å². The van der Waals surface area contributed by atoms with Gasteiger partial charge in [-0.1, -0.05) is 25.6 Å². The minimum absolute atomic E-state index is 0.105. The Kier molecular flexibility index (Phi) is 5.24. The van der Waals surface area contributed by atoms with Crippen LogP contribution in [0.4, 0.5) is 5.69 Å². The maximum Gasteiger partial charge on any atom is 0.267 e. The first-order valence-electron chi connectivity index (χ1n) is 7.98. The third-order valence-corrected chi connectivity index (χ3v) is 6.15. The standard InChI is InChI=1S/C18H20N4OS2/c1-11(2)17-20-12(3)15(25-17)16(23)21-13-5-7-14(8-6-13)24-18-19-9-10-22(18)4/h5-11H,1-4H3,(H,21,23). The normalized spacial score (nSPS) is 11.1. The number of nitrogens with one attached hydrogen (secondary N) is 1. The van der Waals surface area contributed by atoms with Gasteiger partial charge in [0.1, 0.15) is 4.88 Å². The lowest BCUT2D eigenvalue weighted by molar-refractivity contribution is 0.103. The average Bonchev–Trinajstić information content (AvgIpc) is 3.15. The number of imidazole rings is 1. The van der Waals surface area contributed by atoms with Crippen molar-refractivity contribution in [2.24, 2.45) is 7.05 Å². The molecule has 0 saturated heterocycles. The van der Waals surface area contributed by atoms with Crippen molar-refractivity contribution < 1.29 is 4.79 Å². The van der Waals surface area contributed by atoms with Gasteiger partial charge < -0.3 is 9.88 Å². The van der Waals surface area contributed by atoms with E-state index in [4.69, 9.17) is 0 Å². The highest BCUT2D eigenvalue weighted by atomic mass is 32.2. The molecule has 130 valence electrons. The maximum absolute atomic E-state index is 12.5. The quantitative estimate of drug-likeness (QED) is 0.704. The van der Waals surface area contributed by atoms with Gasteiger partial charge in [-0.2, -0.15) is 0 Å². The number of carbonyl (C=O) groups excluding carboxylic acids is 1. The Bertz CT molecular complexity index is 881. The molecule has 0 unspecified atom stereocenters. The molecule has 25 heavy (non-hydrogen) atoms. The van der Waals surface area contributed by atoms with Crippen LogP contribution in [0, 0.1) is 6.92 Å². The summed E-state index contributed by atoms with van der Waals surface area (Å²) in [6.45, 7) is 6.04. The molecule has 0 aliphatic rings. The van der Waals surface area contributed by atoms with Crippen LogP contribution >= 0.6 is 23.1 Å². The minimum Gasteiger partial charge on any atom is -0.329 e. The van der Waals surface area contributed by atoms with E-state index in [2.05, 4.69) is 29.1 Å². The second-order valence-corrected chi connectivity index (χ2v) is 8.09. The summed E-state index contributed by atoms with van der Waals surface area (Å²) in [7, 11) is 1.97. The number of anilines is 1. The summed E-state index contributed by atoms with van der Waals surface area (Å²) in [4.78, 5) is 23.0. The van der Waals surface area contributed by atoms with E-state index in [0.29, 0.717) is 10.8 Å². The fraction of sp³-hybridized carbons (Fsp3) is 0.278. The molecule has 0 fully saturated rings. The van der Waals surface area contributed by atoms with Crippen LogP contribution < -0.4 is 5.32 Å². The third-order valence-electron chi connectivity index (χ3n) is 3.61. The zero-order chi connectivity index (χ0) is 18.0. The van der Waals surface area contributed by atoms with Gasteiger partial charge in [-0.05, 0) is 31.2 Å². The number of carbonyl (C=O) groups is 1. The van der Waals surface area contributed by atoms with E-state index in [1.54, 1.807) is 18.0 Å². The van der Waals surface area contributed by atoms with Crippen molar-refractivity contribution >= 4 is 34.7 Å². The van der Waals surface area contributed by atoms with E-state index in [9.17, 15) is 4.79 Å². The van der Waals surface area contributed by atoms with Gasteiger partial charge in [-0.15, -0.1) is 11.3 Å². The molecule has 0 radical (unpaired) electrons. The summed E-state index contributed by atoms with van der Waals surface area (Å²) < 4.78 is 1.97. The number of amides is 1. The molecule has 0 aliphatic heterocycles. The molecule has 7 heteroatoms. The molecule has 1 N–H and O–H groups in total. The van der Waals surface area contributed by atoms with Crippen LogP contribution in [0.2, 0.25) is 0 Å². The fourth-order valence-electron chi connectivity index (χ4n) is 2.22. The van der Waals surface area contributed by atoms with E-state index in [1.165, 1.54) is 11.3 Å². The van der Waals surface area contributed by atoms with Crippen LogP contribution in [0.25, 0.3) is 0 Å². The number of hydrogen-bond donors (Lipinski definition) is 1. The highest BCUT2D eigenvalue weighted by molar-refractivity contribution is 7.99. The van der Waals surface area contributed by atoms with Gasteiger partial charge in [-0.25, -0.2) is 9.97 Å². The smallest absolute Gasteiger partial charge is 0.267 e. The molecule has 0 saturated carbocycles. The van der Waals surface area contributed by atoms with E-state index in [0.717, 1.165) is 26.4 Å². The van der Waals surface area contributed by atoms with Crippen molar-refractivity contribution in [1.29, 1.82) is 0 Å². The predicted octanol–water partition coefficient (Wildman–Crippen LogP) is 4.71. The number of aryl methyl sites for hydroxylation is 2. The van der Waals surface area contributed by atoms with Crippen molar-refractivity contribution in [2.75, 3.05) is 5.32 Å². The van der Waals surface area contributed by atoms with Crippen LogP contribution in [0.1, 0.15) is 40.1 Å². The Balaban J connectivity index is 1.69. The molecule has 1 aromatic carbocycles. The van der Waals surface area contributed by atoms with Crippen molar-refractivity contribution in [3.05, 3.63) is 52.2 Å². The third kappa shape index (κ3) is 4.11. The highest BCUT2D eigenvalue weighted by Gasteiger charge is 2.17. The molecular formula is C18H20N4OS2. The van der Waals surface area contributed by atoms with Gasteiger partial charge in [0.2, 0.25) is 0 Å². The van der Waals surface area contributed by atoms with Crippen molar-refractivity contribution in [1.82, 2.24) is 14.5 Å². The lowest BCUT2D eigenvalue weighted by Gasteiger charge is -2.06. The highest BCUT2D eigenvalue weighted by Crippen LogP contribution is 2.28. The molecule has 5 nitrogen and oxygen atoms in total. The summed E-state index contributed by atoms with van der Waals surface area (Å²) in [5.74, 6) is 0.221. The van der Waals surface area contributed by atoms with Gasteiger partial charge >= 0.3 is 0 Å². The van der Waals surface area contributed by atoms with Crippen LogP contribution in [0.15, 0.2) is 46.7 Å². The summed E-state index contributed by atoms with van der Waals surface area (Å²) in [5.41, 5.74) is 1.56. The Labute approximate surface area is 155 Å². The predicted molar refractivity (Wildman–Crippen MR) is 103 cm³/mol. The number of rotatable bonds is 5. The van der Waals surface area contributed by atoms with Crippen LogP contribution in [-0.4, -0.2) is 20.4 Å². The van der Waals surface area contributed by atoms with Crippen LogP contribution in [-0.2, 0) is 7.05 Å². The molecule has 2 aromatic heterocycles. The first-order chi connectivity index (χ1) is 11.9. The maximum atomic E-state index is 12.5. The Morgan fingerprint density at radius 1 is 1.28 bits per heavy atom. The second-order valence-electron chi connectivity index (χ2n) is 6.02. The first-order valence-corrected chi connectivity index (χ1v) is 9.61. The van der Waals surface area contributed by atoms with E-state index in [1.807, 2.05) is 49.0 Å². The number of thiazole rings is 1. The number of benzene rings is 1. The van der Waals surface area contributed by atoms with Crippen LogP contribution in [0.5, 0.6) is 0 Å². The Hall–Kier alpha value is -2.12. The molecule has 0 atom stereocenters. The number of aromatic nitrogens is 3. The topological polar surface area (TPSA) is 59.8 Å². The monoisotopic (exact) mass is 372 g/mol. The average molecular weight is 373 g/mol. The number of hydrogen-bond acceptors (Lipinski definition) is 5. The Morgan fingerprint density at radius 3 is 2.56 bits per heavy atom. The van der Waals surface area contributed by atoms with Gasteiger partial charge in [0.05, 0.1) is 10.7 Å². The van der Waals surface area contributed by atoms with Gasteiger partial charge in [0.25, 0.3) is 5.91 Å². The largest absolute Gasteiger partial charge is 0.329 e. The molecular weight excluding hydrogens is 352 g/mol. The zero-order valence-corrected chi connectivity index (χ0v) is 16.2. The summed E-state index contributed by atoms with van der Waals surface area (Å²) in [6.07, 6.45) is 3.69. The Morgan fingerprint density at radius 2 is 2.00 bits per heavy atom. The lowest BCUT2D eigenvalue weighted by atomic mass is 10.2. The summed E-state index contributed by atoms with van der Waals surface area (Å²) in [6, 6.07) is 7.77. The fourth-order valence-corrected chi connectivity index (χ4v) is 3.99. The van der Waals surface area contributed by atoms with Crippen molar-refractivity contribution in [3.63, 3.8) is 0 Å². The van der Waals surface area contributed by atoms with Crippen molar-refractivity contribution in [2.45, 2.75) is 36.7 Å².